The summed E-state index contributed by atoms with van der Waals surface area (Å²) in [7, 11) is 0. The first-order valence-electron chi connectivity index (χ1n) is 6.93. The molecule has 2 aromatic heterocycles. The highest BCUT2D eigenvalue weighted by atomic mass is 16.5. The van der Waals surface area contributed by atoms with Crippen LogP contribution in [0.3, 0.4) is 0 Å². The monoisotopic (exact) mass is 274 g/mol. The van der Waals surface area contributed by atoms with Crippen molar-refractivity contribution in [2.24, 2.45) is 0 Å². The van der Waals surface area contributed by atoms with E-state index in [1.54, 1.807) is 13.1 Å². The third-order valence-electron chi connectivity index (χ3n) is 3.32. The van der Waals surface area contributed by atoms with E-state index in [2.05, 4.69) is 20.4 Å². The number of hydrogen-bond acceptors (Lipinski definition) is 6. The normalized spacial score (nSPS) is 18.9. The Kier molecular flexibility index (Phi) is 3.92. The lowest BCUT2D eigenvalue weighted by atomic mass is 10.1. The van der Waals surface area contributed by atoms with Crippen LogP contribution in [0.4, 0.5) is 5.82 Å². The maximum atomic E-state index is 5.67. The highest BCUT2D eigenvalue weighted by molar-refractivity contribution is 5.54. The van der Waals surface area contributed by atoms with Crippen LogP contribution in [0.2, 0.25) is 0 Å². The Balaban J connectivity index is 1.58. The Hall–Kier alpha value is -1.95. The minimum Gasteiger partial charge on any atom is -0.376 e. The van der Waals surface area contributed by atoms with E-state index in [1.165, 1.54) is 12.8 Å². The third kappa shape index (κ3) is 3.14. The van der Waals surface area contributed by atoms with E-state index in [9.17, 15) is 0 Å². The van der Waals surface area contributed by atoms with Crippen molar-refractivity contribution in [3.8, 4) is 11.5 Å². The average molecular weight is 274 g/mol. The van der Waals surface area contributed by atoms with Crippen molar-refractivity contribution < 1.29 is 9.26 Å². The minimum absolute atomic E-state index is 0.295. The molecular formula is C14H18N4O2. The molecule has 0 spiro atoms. The summed E-state index contributed by atoms with van der Waals surface area (Å²) in [5.41, 5.74) is 0.824. The van der Waals surface area contributed by atoms with Crippen LogP contribution >= 0.6 is 0 Å². The number of pyridine rings is 1. The number of hydrogen-bond donors (Lipinski definition) is 1. The number of aryl methyl sites for hydroxylation is 1. The van der Waals surface area contributed by atoms with Gasteiger partial charge in [-0.3, -0.25) is 0 Å². The molecule has 3 heterocycles. The number of anilines is 1. The second-order valence-electron chi connectivity index (χ2n) is 4.95. The molecule has 6 nitrogen and oxygen atoms in total. The van der Waals surface area contributed by atoms with E-state index in [0.717, 1.165) is 31.0 Å². The van der Waals surface area contributed by atoms with Gasteiger partial charge in [-0.2, -0.15) is 4.98 Å². The average Bonchev–Trinajstić information content (AvgIpc) is 2.93. The van der Waals surface area contributed by atoms with Gasteiger partial charge in [0.2, 0.25) is 0 Å². The van der Waals surface area contributed by atoms with Crippen LogP contribution in [-0.4, -0.2) is 34.4 Å². The summed E-state index contributed by atoms with van der Waals surface area (Å²) >= 11 is 0. The lowest BCUT2D eigenvalue weighted by Gasteiger charge is -2.22. The van der Waals surface area contributed by atoms with E-state index in [-0.39, 0.29) is 0 Å². The summed E-state index contributed by atoms with van der Waals surface area (Å²) in [5, 5.41) is 7.06. The standard InChI is InChI=1S/C14H18N4O2/c1-10-17-14(20-18-10)11-5-6-13(15-8-11)16-9-12-4-2-3-7-19-12/h5-6,8,12H,2-4,7,9H2,1H3,(H,15,16). The topological polar surface area (TPSA) is 73.1 Å². The van der Waals surface area contributed by atoms with Crippen molar-refractivity contribution >= 4 is 5.82 Å². The fraction of sp³-hybridized carbons (Fsp3) is 0.500. The van der Waals surface area contributed by atoms with Crippen LogP contribution in [0.15, 0.2) is 22.9 Å². The molecule has 1 aliphatic heterocycles. The molecule has 0 bridgehead atoms. The van der Waals surface area contributed by atoms with Gasteiger partial charge in [-0.15, -0.1) is 0 Å². The summed E-state index contributed by atoms with van der Waals surface area (Å²) in [6.45, 7) is 3.46. The Bertz CT molecular complexity index is 547. The molecule has 3 rings (SSSR count). The Labute approximate surface area is 117 Å². The van der Waals surface area contributed by atoms with Gasteiger partial charge in [-0.1, -0.05) is 5.16 Å². The quantitative estimate of drug-likeness (QED) is 0.923. The smallest absolute Gasteiger partial charge is 0.259 e. The highest BCUT2D eigenvalue weighted by Gasteiger charge is 2.13. The van der Waals surface area contributed by atoms with Gasteiger partial charge in [0, 0.05) is 19.3 Å². The van der Waals surface area contributed by atoms with Crippen molar-refractivity contribution in [1.82, 2.24) is 15.1 Å². The van der Waals surface area contributed by atoms with Gasteiger partial charge in [0.25, 0.3) is 5.89 Å². The Morgan fingerprint density at radius 1 is 1.35 bits per heavy atom. The molecule has 2 aromatic rings. The number of nitrogens with one attached hydrogen (secondary N) is 1. The lowest BCUT2D eigenvalue weighted by molar-refractivity contribution is 0.0247. The summed E-state index contributed by atoms with van der Waals surface area (Å²) < 4.78 is 10.8. The number of aromatic nitrogens is 3. The maximum Gasteiger partial charge on any atom is 0.259 e. The summed E-state index contributed by atoms with van der Waals surface area (Å²) in [6.07, 6.45) is 5.56. The molecule has 0 aromatic carbocycles. The van der Waals surface area contributed by atoms with Crippen molar-refractivity contribution in [3.63, 3.8) is 0 Å². The van der Waals surface area contributed by atoms with Gasteiger partial charge in [0.05, 0.1) is 11.7 Å². The van der Waals surface area contributed by atoms with Crippen LogP contribution < -0.4 is 5.32 Å². The van der Waals surface area contributed by atoms with Gasteiger partial charge in [0.15, 0.2) is 5.82 Å². The molecule has 106 valence electrons. The van der Waals surface area contributed by atoms with E-state index in [0.29, 0.717) is 17.8 Å². The van der Waals surface area contributed by atoms with Gasteiger partial charge >= 0.3 is 0 Å². The molecule has 1 saturated heterocycles. The largest absolute Gasteiger partial charge is 0.376 e. The first kappa shape index (κ1) is 13.1. The Morgan fingerprint density at radius 3 is 2.95 bits per heavy atom. The van der Waals surface area contributed by atoms with Gasteiger partial charge in [0.1, 0.15) is 5.82 Å². The highest BCUT2D eigenvalue weighted by Crippen LogP contribution is 2.18. The van der Waals surface area contributed by atoms with Crippen molar-refractivity contribution in [1.29, 1.82) is 0 Å². The third-order valence-corrected chi connectivity index (χ3v) is 3.32. The summed E-state index contributed by atoms with van der Waals surface area (Å²) in [6, 6.07) is 3.84. The minimum atomic E-state index is 0.295. The van der Waals surface area contributed by atoms with Crippen LogP contribution in [0.5, 0.6) is 0 Å². The molecule has 6 heteroatoms. The second kappa shape index (κ2) is 6.00. The van der Waals surface area contributed by atoms with Gasteiger partial charge in [-0.25, -0.2) is 4.98 Å². The lowest BCUT2D eigenvalue weighted by Crippen LogP contribution is -2.27. The van der Waals surface area contributed by atoms with Gasteiger partial charge in [-0.05, 0) is 38.3 Å². The first-order chi connectivity index (χ1) is 9.81. The fourth-order valence-corrected chi connectivity index (χ4v) is 2.23. The zero-order valence-electron chi connectivity index (χ0n) is 11.5. The predicted octanol–water partition coefficient (Wildman–Crippen LogP) is 2.42. The van der Waals surface area contributed by atoms with Crippen molar-refractivity contribution in [3.05, 3.63) is 24.2 Å². The fourth-order valence-electron chi connectivity index (χ4n) is 2.23. The molecule has 0 amide bonds. The van der Waals surface area contributed by atoms with E-state index in [1.807, 2.05) is 12.1 Å². The molecule has 20 heavy (non-hydrogen) atoms. The Morgan fingerprint density at radius 2 is 2.30 bits per heavy atom. The molecule has 1 fully saturated rings. The molecule has 1 N–H and O–H groups in total. The maximum absolute atomic E-state index is 5.67. The van der Waals surface area contributed by atoms with Crippen molar-refractivity contribution in [2.75, 3.05) is 18.5 Å². The number of nitrogens with zero attached hydrogens (tertiary/aromatic N) is 3. The predicted molar refractivity (Wildman–Crippen MR) is 74.3 cm³/mol. The number of rotatable bonds is 4. The second-order valence-corrected chi connectivity index (χ2v) is 4.95. The van der Waals surface area contributed by atoms with Crippen molar-refractivity contribution in [2.45, 2.75) is 32.3 Å². The van der Waals surface area contributed by atoms with E-state index in [4.69, 9.17) is 9.26 Å². The summed E-state index contributed by atoms with van der Waals surface area (Å²) in [4.78, 5) is 8.53. The molecule has 1 atom stereocenters. The van der Waals surface area contributed by atoms with Crippen LogP contribution in [0.1, 0.15) is 25.1 Å². The number of ether oxygens (including phenoxy) is 1. The molecule has 0 saturated carbocycles. The van der Waals surface area contributed by atoms with E-state index >= 15 is 0 Å². The zero-order chi connectivity index (χ0) is 13.8. The molecule has 1 aliphatic rings. The molecule has 0 radical (unpaired) electrons. The van der Waals surface area contributed by atoms with E-state index < -0.39 is 0 Å². The van der Waals surface area contributed by atoms with Gasteiger partial charge < -0.3 is 14.6 Å². The molecular weight excluding hydrogens is 256 g/mol. The first-order valence-corrected chi connectivity index (χ1v) is 6.93. The summed E-state index contributed by atoms with van der Waals surface area (Å²) in [5.74, 6) is 1.95. The van der Waals surface area contributed by atoms with Crippen LogP contribution in [0, 0.1) is 6.92 Å². The van der Waals surface area contributed by atoms with Crippen LogP contribution in [0.25, 0.3) is 11.5 Å². The molecule has 0 aliphatic carbocycles. The molecule has 1 unspecified atom stereocenters. The SMILES string of the molecule is Cc1noc(-c2ccc(NCC3CCCCO3)nc2)n1. The van der Waals surface area contributed by atoms with Crippen LogP contribution in [-0.2, 0) is 4.74 Å². The zero-order valence-corrected chi connectivity index (χ0v) is 11.5.